The molecule has 7 nitrogen and oxygen atoms in total. The number of fused-ring (bicyclic) bond motifs is 2. The number of likely N-dealkylation sites (tertiary alicyclic amines) is 1. The van der Waals surface area contributed by atoms with Crippen molar-refractivity contribution < 1.29 is 30.3 Å². The summed E-state index contributed by atoms with van der Waals surface area (Å²) in [6.45, 7) is 5.66. The maximum atomic E-state index is 12.3. The molecule has 0 amide bonds. The fraction of sp³-hybridized carbons (Fsp3) is 1.00. The van der Waals surface area contributed by atoms with Gasteiger partial charge in [0, 0.05) is 43.2 Å². The number of piperidine rings is 1. The van der Waals surface area contributed by atoms with Gasteiger partial charge in [0.1, 0.15) is 11.2 Å². The Hall–Kier alpha value is -0.280. The lowest BCUT2D eigenvalue weighted by atomic mass is 9.43. The van der Waals surface area contributed by atoms with Gasteiger partial charge in [-0.25, -0.2) is 0 Å². The fourth-order valence-corrected chi connectivity index (χ4v) is 10.2. The Labute approximate surface area is 171 Å². The quantitative estimate of drug-likeness (QED) is 0.411. The normalized spacial score (nSPS) is 67.7. The standard InChI is InChI=1S/C22H35NO6/c1-4-23-9-19(2)6-5-13(24)21-11-7-10-12(29-3)8-20(27,14(11)15(10)25)22(28,18(21)23)17(26)16(19)21/h10-18,24-28H,4-9H2,1-3H3/t10-,11-,12+,13+,14-,15+,16-,17-,18?,19+,20-,21+,22-/m1/s1. The molecule has 13 atom stereocenters. The molecule has 5 aliphatic carbocycles. The van der Waals surface area contributed by atoms with Crippen LogP contribution in [0.1, 0.15) is 39.5 Å². The molecule has 7 bridgehead atoms. The van der Waals surface area contributed by atoms with Crippen molar-refractivity contribution in [3.8, 4) is 0 Å². The SMILES string of the molecule is CCN1C[C@]2(C)CC[C@H](O)[C@]34C1[C@](O)([C@H](O)[C@H]23)[C@@]1(O)C[C@H](OC)[C@H]2C[C@@H]4[C@@H]1[C@H]2O. The molecule has 0 aromatic carbocycles. The van der Waals surface area contributed by atoms with Crippen LogP contribution in [0.4, 0.5) is 0 Å². The van der Waals surface area contributed by atoms with E-state index in [9.17, 15) is 25.5 Å². The van der Waals surface area contributed by atoms with Gasteiger partial charge in [0.05, 0.1) is 30.5 Å². The Balaban J connectivity index is 1.67. The maximum absolute atomic E-state index is 12.3. The molecular formula is C22H35NO6. The second-order valence-electron chi connectivity index (χ2n) is 11.3. The first kappa shape index (κ1) is 19.4. The Bertz CT molecular complexity index is 751. The molecule has 5 saturated carbocycles. The van der Waals surface area contributed by atoms with Crippen LogP contribution in [0.15, 0.2) is 0 Å². The van der Waals surface area contributed by atoms with Crippen molar-refractivity contribution in [2.45, 2.75) is 81.2 Å². The van der Waals surface area contributed by atoms with E-state index in [4.69, 9.17) is 4.74 Å². The second kappa shape index (κ2) is 5.37. The molecule has 0 aromatic heterocycles. The van der Waals surface area contributed by atoms with Crippen molar-refractivity contribution in [1.29, 1.82) is 0 Å². The van der Waals surface area contributed by atoms with E-state index in [0.29, 0.717) is 19.4 Å². The highest BCUT2D eigenvalue weighted by Crippen LogP contribution is 2.79. The number of ether oxygens (including phenoxy) is 1. The zero-order valence-electron chi connectivity index (χ0n) is 17.5. The zero-order valence-corrected chi connectivity index (χ0v) is 17.5. The summed E-state index contributed by atoms with van der Waals surface area (Å²) in [5, 5.41) is 59.0. The molecule has 0 radical (unpaired) electrons. The van der Waals surface area contributed by atoms with Crippen molar-refractivity contribution in [1.82, 2.24) is 4.90 Å². The van der Waals surface area contributed by atoms with E-state index in [0.717, 1.165) is 13.0 Å². The van der Waals surface area contributed by atoms with Crippen LogP contribution in [-0.4, -0.2) is 92.3 Å². The van der Waals surface area contributed by atoms with Gasteiger partial charge in [-0.05, 0) is 37.1 Å². The number of aliphatic hydroxyl groups excluding tert-OH is 3. The minimum atomic E-state index is -1.80. The van der Waals surface area contributed by atoms with Crippen LogP contribution < -0.4 is 0 Å². The van der Waals surface area contributed by atoms with Crippen molar-refractivity contribution in [3.05, 3.63) is 0 Å². The number of rotatable bonds is 2. The highest BCUT2D eigenvalue weighted by molar-refractivity contribution is 5.40. The first-order valence-electron chi connectivity index (χ1n) is 11.4. The first-order chi connectivity index (χ1) is 13.6. The summed E-state index contributed by atoms with van der Waals surface area (Å²) in [5.74, 6) is -1.10. The van der Waals surface area contributed by atoms with E-state index in [1.54, 1.807) is 7.11 Å². The average Bonchev–Trinajstić information content (AvgIpc) is 3.04. The van der Waals surface area contributed by atoms with Crippen molar-refractivity contribution >= 4 is 0 Å². The highest BCUT2D eigenvalue weighted by atomic mass is 16.5. The lowest BCUT2D eigenvalue weighted by molar-refractivity contribution is -0.315. The van der Waals surface area contributed by atoms with E-state index < -0.39 is 46.9 Å². The van der Waals surface area contributed by atoms with Gasteiger partial charge in [-0.2, -0.15) is 0 Å². The molecular weight excluding hydrogens is 374 g/mol. The van der Waals surface area contributed by atoms with Gasteiger partial charge in [-0.15, -0.1) is 0 Å². The number of hydrogen-bond donors (Lipinski definition) is 5. The van der Waals surface area contributed by atoms with Gasteiger partial charge in [0.2, 0.25) is 0 Å². The van der Waals surface area contributed by atoms with Gasteiger partial charge in [-0.1, -0.05) is 13.8 Å². The third-order valence-electron chi connectivity index (χ3n) is 10.8. The van der Waals surface area contributed by atoms with E-state index in [-0.39, 0.29) is 35.7 Å². The summed E-state index contributed by atoms with van der Waals surface area (Å²) in [6, 6.07) is -0.517. The van der Waals surface area contributed by atoms with Crippen LogP contribution in [0.5, 0.6) is 0 Å². The maximum Gasteiger partial charge on any atom is 0.136 e. The van der Waals surface area contributed by atoms with Crippen LogP contribution in [0.2, 0.25) is 0 Å². The predicted octanol–water partition coefficient (Wildman–Crippen LogP) is -0.664. The van der Waals surface area contributed by atoms with E-state index in [2.05, 4.69) is 11.8 Å². The monoisotopic (exact) mass is 409 g/mol. The molecule has 1 heterocycles. The average molecular weight is 410 g/mol. The summed E-state index contributed by atoms with van der Waals surface area (Å²) in [5.41, 5.74) is -4.40. The number of hydrogen-bond acceptors (Lipinski definition) is 7. The predicted molar refractivity (Wildman–Crippen MR) is 103 cm³/mol. The number of likely N-dealkylation sites (N-methyl/N-ethyl adjacent to an activating group) is 1. The summed E-state index contributed by atoms with van der Waals surface area (Å²) in [7, 11) is 1.59. The number of methoxy groups -OCH3 is 1. The van der Waals surface area contributed by atoms with Crippen LogP contribution in [0.25, 0.3) is 0 Å². The lowest BCUT2D eigenvalue weighted by Gasteiger charge is -2.69. The largest absolute Gasteiger partial charge is 0.392 e. The van der Waals surface area contributed by atoms with Gasteiger partial charge in [0.25, 0.3) is 0 Å². The lowest BCUT2D eigenvalue weighted by Crippen LogP contribution is -2.81. The molecule has 1 saturated heterocycles. The van der Waals surface area contributed by atoms with Gasteiger partial charge in [-0.3, -0.25) is 4.90 Å². The number of nitrogens with zero attached hydrogens (tertiary/aromatic N) is 1. The van der Waals surface area contributed by atoms with Crippen LogP contribution in [-0.2, 0) is 4.74 Å². The summed E-state index contributed by atoms with van der Waals surface area (Å²) in [4.78, 5) is 2.21. The third kappa shape index (κ3) is 1.67. The van der Waals surface area contributed by atoms with Crippen molar-refractivity contribution in [2.24, 2.45) is 34.5 Å². The molecule has 6 rings (SSSR count). The number of aliphatic hydroxyl groups is 5. The zero-order chi connectivity index (χ0) is 20.7. The van der Waals surface area contributed by atoms with Gasteiger partial charge in [0.15, 0.2) is 0 Å². The molecule has 7 heteroatoms. The smallest absolute Gasteiger partial charge is 0.136 e. The van der Waals surface area contributed by atoms with E-state index in [1.165, 1.54) is 0 Å². The summed E-state index contributed by atoms with van der Waals surface area (Å²) >= 11 is 0. The first-order valence-corrected chi connectivity index (χ1v) is 11.4. The molecule has 164 valence electrons. The summed E-state index contributed by atoms with van der Waals surface area (Å²) in [6.07, 6.45) is -0.665. The molecule has 1 unspecified atom stereocenters. The summed E-state index contributed by atoms with van der Waals surface area (Å²) < 4.78 is 5.68. The third-order valence-corrected chi connectivity index (χ3v) is 10.8. The molecule has 6 fully saturated rings. The Morgan fingerprint density at radius 2 is 1.90 bits per heavy atom. The second-order valence-corrected chi connectivity index (χ2v) is 11.3. The molecule has 6 aliphatic rings. The Morgan fingerprint density at radius 1 is 1.17 bits per heavy atom. The minimum absolute atomic E-state index is 0.110. The minimum Gasteiger partial charge on any atom is -0.392 e. The molecule has 1 aliphatic heterocycles. The molecule has 29 heavy (non-hydrogen) atoms. The van der Waals surface area contributed by atoms with E-state index in [1.807, 2.05) is 6.92 Å². The topological polar surface area (TPSA) is 114 Å². The van der Waals surface area contributed by atoms with Crippen LogP contribution >= 0.6 is 0 Å². The van der Waals surface area contributed by atoms with Crippen molar-refractivity contribution in [2.75, 3.05) is 20.2 Å². The van der Waals surface area contributed by atoms with Crippen LogP contribution in [0.3, 0.4) is 0 Å². The van der Waals surface area contributed by atoms with Gasteiger partial charge >= 0.3 is 0 Å². The molecule has 5 N–H and O–H groups in total. The highest BCUT2D eigenvalue weighted by Gasteiger charge is 2.90. The fourth-order valence-electron chi connectivity index (χ4n) is 10.2. The van der Waals surface area contributed by atoms with E-state index >= 15 is 0 Å². The van der Waals surface area contributed by atoms with Gasteiger partial charge < -0.3 is 30.3 Å². The Morgan fingerprint density at radius 3 is 2.55 bits per heavy atom. The Kier molecular flexibility index (Phi) is 3.59. The molecule has 1 spiro atoms. The van der Waals surface area contributed by atoms with Crippen LogP contribution in [0, 0.1) is 34.5 Å². The molecule has 0 aromatic rings. The van der Waals surface area contributed by atoms with Crippen molar-refractivity contribution in [3.63, 3.8) is 0 Å².